The van der Waals surface area contributed by atoms with E-state index in [9.17, 15) is 24.3 Å². The second kappa shape index (κ2) is 19.0. The molecule has 0 aliphatic carbocycles. The molecule has 51 heavy (non-hydrogen) atoms. The highest BCUT2D eigenvalue weighted by atomic mass is 16.5. The van der Waals surface area contributed by atoms with E-state index in [4.69, 9.17) is 9.47 Å². The standard InChI is InChI=1S/C40H48N4O7/c1-5-6-17-30(38-34(50-3)23-27(2)24-35(38)51-4)42-39(48)31(18-12-13-22-41-36(45)21-20-28-14-8-7-9-15-28)43-40(49)33-25-29-16-10-11-19-32(29)44(33)26-37(46)47/h7-11,14-16,19-21,23-25,30-31H,5-6,12-13,17-18,22,26H2,1-4H3,(H,41,45)(H,42,48)(H,43,49)(H,46,47)/p-1/b21-20+. The molecule has 4 aromatic rings. The van der Waals surface area contributed by atoms with Crippen molar-refractivity contribution in [2.45, 2.75) is 71.0 Å². The number of aryl methyl sites for hydroxylation is 1. The van der Waals surface area contributed by atoms with Gasteiger partial charge in [-0.15, -0.1) is 0 Å². The zero-order chi connectivity index (χ0) is 36.8. The third-order valence-corrected chi connectivity index (χ3v) is 8.60. The van der Waals surface area contributed by atoms with Crippen molar-refractivity contribution < 1.29 is 33.8 Å². The van der Waals surface area contributed by atoms with Gasteiger partial charge in [0.1, 0.15) is 23.2 Å². The van der Waals surface area contributed by atoms with Crippen molar-refractivity contribution in [1.29, 1.82) is 0 Å². The zero-order valence-corrected chi connectivity index (χ0v) is 29.7. The molecule has 0 bridgehead atoms. The van der Waals surface area contributed by atoms with Gasteiger partial charge in [-0.25, -0.2) is 0 Å². The Morgan fingerprint density at radius 3 is 2.22 bits per heavy atom. The summed E-state index contributed by atoms with van der Waals surface area (Å²) in [6.45, 7) is 3.84. The van der Waals surface area contributed by atoms with Gasteiger partial charge in [-0.05, 0) is 74.1 Å². The highest BCUT2D eigenvalue weighted by Gasteiger charge is 2.29. The molecule has 0 aliphatic rings. The number of carboxylic acids is 1. The lowest BCUT2D eigenvalue weighted by Crippen LogP contribution is -2.48. The van der Waals surface area contributed by atoms with Crippen LogP contribution in [0.4, 0.5) is 0 Å². The summed E-state index contributed by atoms with van der Waals surface area (Å²) in [5, 5.41) is 21.2. The quantitative estimate of drug-likeness (QED) is 0.0937. The van der Waals surface area contributed by atoms with Gasteiger partial charge < -0.3 is 39.9 Å². The van der Waals surface area contributed by atoms with Crippen molar-refractivity contribution in [2.75, 3.05) is 20.8 Å². The predicted octanol–water partition coefficient (Wildman–Crippen LogP) is 4.86. The third kappa shape index (κ3) is 10.7. The molecule has 270 valence electrons. The van der Waals surface area contributed by atoms with Crippen LogP contribution in [0, 0.1) is 6.92 Å². The zero-order valence-electron chi connectivity index (χ0n) is 29.7. The van der Waals surface area contributed by atoms with E-state index >= 15 is 0 Å². The van der Waals surface area contributed by atoms with E-state index in [0.29, 0.717) is 53.8 Å². The maximum Gasteiger partial charge on any atom is 0.268 e. The Hall–Kier alpha value is -5.58. The molecule has 0 saturated carbocycles. The molecule has 11 nitrogen and oxygen atoms in total. The molecule has 0 saturated heterocycles. The maximum atomic E-state index is 14.2. The molecule has 0 aliphatic heterocycles. The third-order valence-electron chi connectivity index (χ3n) is 8.60. The fourth-order valence-electron chi connectivity index (χ4n) is 6.06. The topological polar surface area (TPSA) is 151 Å². The van der Waals surface area contributed by atoms with Gasteiger partial charge in [0.25, 0.3) is 5.91 Å². The molecule has 3 N–H and O–H groups in total. The largest absolute Gasteiger partial charge is 0.548 e. The highest BCUT2D eigenvalue weighted by molar-refractivity contribution is 6.01. The summed E-state index contributed by atoms with van der Waals surface area (Å²) in [4.78, 5) is 52.0. The lowest BCUT2D eigenvalue weighted by molar-refractivity contribution is -0.306. The van der Waals surface area contributed by atoms with Crippen LogP contribution < -0.4 is 30.5 Å². The first-order valence-corrected chi connectivity index (χ1v) is 17.3. The normalized spacial score (nSPS) is 12.3. The van der Waals surface area contributed by atoms with Crippen LogP contribution in [-0.4, -0.2) is 55.1 Å². The van der Waals surface area contributed by atoms with E-state index in [2.05, 4.69) is 22.9 Å². The van der Waals surface area contributed by atoms with Crippen LogP contribution in [0.2, 0.25) is 0 Å². The number of carbonyl (C=O) groups is 4. The van der Waals surface area contributed by atoms with Gasteiger partial charge in [-0.3, -0.25) is 14.4 Å². The molecular formula is C40H47N4O7-. The summed E-state index contributed by atoms with van der Waals surface area (Å²) in [5.74, 6) is -1.42. The first kappa shape index (κ1) is 38.2. The summed E-state index contributed by atoms with van der Waals surface area (Å²) >= 11 is 0. The number of aromatic nitrogens is 1. The van der Waals surface area contributed by atoms with Gasteiger partial charge in [-0.1, -0.05) is 68.3 Å². The summed E-state index contributed by atoms with van der Waals surface area (Å²) in [6.07, 6.45) is 6.81. The smallest absolute Gasteiger partial charge is 0.268 e. The number of carbonyl (C=O) groups excluding carboxylic acids is 4. The summed E-state index contributed by atoms with van der Waals surface area (Å²) in [6, 6.07) is 20.5. The number of amides is 3. The lowest BCUT2D eigenvalue weighted by atomic mass is 9.96. The maximum absolute atomic E-state index is 14.2. The number of hydrogen-bond acceptors (Lipinski definition) is 7. The number of methoxy groups -OCH3 is 2. The number of nitrogens with one attached hydrogen (secondary N) is 3. The Kier molecular flexibility index (Phi) is 14.2. The lowest BCUT2D eigenvalue weighted by Gasteiger charge is -2.27. The van der Waals surface area contributed by atoms with Crippen molar-refractivity contribution >= 4 is 40.7 Å². The Bertz CT molecular complexity index is 1810. The van der Waals surface area contributed by atoms with Crippen LogP contribution in [-0.2, 0) is 20.9 Å². The molecule has 3 aromatic carbocycles. The molecule has 0 fully saturated rings. The fourth-order valence-corrected chi connectivity index (χ4v) is 6.06. The SMILES string of the molecule is CCCCC(NC(=O)C(CCCCNC(=O)/C=C/c1ccccc1)NC(=O)c1cc2ccccc2n1CC(=O)[O-])c1c(OC)cc(C)cc1OC. The van der Waals surface area contributed by atoms with E-state index in [1.54, 1.807) is 50.6 Å². The molecule has 1 aromatic heterocycles. The molecule has 11 heteroatoms. The number of rotatable bonds is 19. The Labute approximate surface area is 299 Å². The van der Waals surface area contributed by atoms with Crippen LogP contribution in [0.25, 0.3) is 17.0 Å². The molecule has 0 radical (unpaired) electrons. The number of carboxylic acid groups (broad SMARTS) is 1. The van der Waals surface area contributed by atoms with Crippen molar-refractivity contribution in [1.82, 2.24) is 20.5 Å². The Morgan fingerprint density at radius 1 is 0.863 bits per heavy atom. The highest BCUT2D eigenvalue weighted by Crippen LogP contribution is 2.38. The predicted molar refractivity (Wildman–Crippen MR) is 195 cm³/mol. The fraction of sp³-hybridized carbons (Fsp3) is 0.350. The Balaban J connectivity index is 1.55. The second-order valence-corrected chi connectivity index (χ2v) is 12.4. The van der Waals surface area contributed by atoms with Crippen molar-refractivity contribution in [2.24, 2.45) is 0 Å². The molecule has 1 heterocycles. The number of nitrogens with zero attached hydrogens (tertiary/aromatic N) is 1. The van der Waals surface area contributed by atoms with Crippen LogP contribution in [0.3, 0.4) is 0 Å². The van der Waals surface area contributed by atoms with Gasteiger partial charge >= 0.3 is 0 Å². The van der Waals surface area contributed by atoms with E-state index in [1.165, 1.54) is 10.6 Å². The van der Waals surface area contributed by atoms with Gasteiger partial charge in [-0.2, -0.15) is 0 Å². The molecule has 3 amide bonds. The minimum Gasteiger partial charge on any atom is -0.548 e. The van der Waals surface area contributed by atoms with Gasteiger partial charge in [0.05, 0.1) is 38.3 Å². The Morgan fingerprint density at radius 2 is 1.55 bits per heavy atom. The van der Waals surface area contributed by atoms with Gasteiger partial charge in [0.2, 0.25) is 11.8 Å². The van der Waals surface area contributed by atoms with E-state index < -0.39 is 36.4 Å². The number of aliphatic carboxylic acids is 1. The summed E-state index contributed by atoms with van der Waals surface area (Å²) in [7, 11) is 3.14. The van der Waals surface area contributed by atoms with Crippen LogP contribution in [0.15, 0.2) is 78.9 Å². The molecule has 2 unspecified atom stereocenters. The minimum absolute atomic E-state index is 0.0973. The van der Waals surface area contributed by atoms with E-state index in [0.717, 1.165) is 24.0 Å². The number of para-hydroxylation sites is 1. The van der Waals surface area contributed by atoms with Crippen LogP contribution in [0.5, 0.6) is 11.5 Å². The molecule has 4 rings (SSSR count). The van der Waals surface area contributed by atoms with Crippen molar-refractivity contribution in [3.05, 3.63) is 101 Å². The van der Waals surface area contributed by atoms with Crippen molar-refractivity contribution in [3.63, 3.8) is 0 Å². The van der Waals surface area contributed by atoms with Crippen LogP contribution >= 0.6 is 0 Å². The van der Waals surface area contributed by atoms with Gasteiger partial charge in [0.15, 0.2) is 0 Å². The second-order valence-electron chi connectivity index (χ2n) is 12.4. The van der Waals surface area contributed by atoms with Gasteiger partial charge in [0, 0.05) is 23.5 Å². The number of fused-ring (bicyclic) bond motifs is 1. The van der Waals surface area contributed by atoms with E-state index in [1.807, 2.05) is 49.4 Å². The average Bonchev–Trinajstić information content (AvgIpc) is 3.49. The number of unbranched alkanes of at least 4 members (excludes halogenated alkanes) is 2. The molecular weight excluding hydrogens is 648 g/mol. The molecule has 0 spiro atoms. The summed E-state index contributed by atoms with van der Waals surface area (Å²) < 4.78 is 12.8. The summed E-state index contributed by atoms with van der Waals surface area (Å²) in [5.41, 5.74) is 3.21. The first-order chi connectivity index (χ1) is 24.6. The van der Waals surface area contributed by atoms with Crippen molar-refractivity contribution in [3.8, 4) is 11.5 Å². The average molecular weight is 696 g/mol. The number of benzene rings is 3. The minimum atomic E-state index is -1.35. The number of ether oxygens (including phenoxy) is 2. The monoisotopic (exact) mass is 695 g/mol. The molecule has 2 atom stereocenters. The van der Waals surface area contributed by atoms with E-state index in [-0.39, 0.29) is 18.0 Å². The van der Waals surface area contributed by atoms with Crippen LogP contribution in [0.1, 0.15) is 78.7 Å². The number of hydrogen-bond donors (Lipinski definition) is 3. The first-order valence-electron chi connectivity index (χ1n) is 17.3.